The number of carbonyl (C=O) groups is 1. The summed E-state index contributed by atoms with van der Waals surface area (Å²) >= 11 is 0. The fourth-order valence-corrected chi connectivity index (χ4v) is 1.35. The maximum absolute atomic E-state index is 12.1. The first-order valence-corrected chi connectivity index (χ1v) is 6.91. The molecule has 0 unspecified atom stereocenters. The summed E-state index contributed by atoms with van der Waals surface area (Å²) in [6.07, 6.45) is 1.31. The van der Waals surface area contributed by atoms with Gasteiger partial charge in [-0.3, -0.25) is 4.99 Å². The number of guanidine groups is 1. The standard InChI is InChI=1S/C14H28N4O3/c1-6-7-16-12(15)17-8-9-18(10-11-20-5)13(19)21-14(2,3)4/h6H,1,7-11H2,2-5H3,(H3,15,16,17). The smallest absolute Gasteiger partial charge is 0.410 e. The summed E-state index contributed by atoms with van der Waals surface area (Å²) in [4.78, 5) is 17.7. The van der Waals surface area contributed by atoms with Gasteiger partial charge in [0.15, 0.2) is 5.96 Å². The Kier molecular flexibility index (Phi) is 9.20. The minimum absolute atomic E-state index is 0.325. The van der Waals surface area contributed by atoms with E-state index >= 15 is 0 Å². The number of ether oxygens (including phenoxy) is 2. The molecule has 0 saturated heterocycles. The number of amides is 1. The van der Waals surface area contributed by atoms with Crippen molar-refractivity contribution >= 4 is 12.1 Å². The largest absolute Gasteiger partial charge is 0.444 e. The fourth-order valence-electron chi connectivity index (χ4n) is 1.35. The molecule has 0 aliphatic carbocycles. The van der Waals surface area contributed by atoms with Crippen molar-refractivity contribution in [3.05, 3.63) is 12.7 Å². The van der Waals surface area contributed by atoms with Crippen molar-refractivity contribution in [3.63, 3.8) is 0 Å². The SMILES string of the molecule is C=CCNC(N)=NCCN(CCOC)C(=O)OC(C)(C)C. The topological polar surface area (TPSA) is 89.2 Å². The van der Waals surface area contributed by atoms with Crippen LogP contribution in [0.1, 0.15) is 20.8 Å². The van der Waals surface area contributed by atoms with Crippen molar-refractivity contribution in [2.45, 2.75) is 26.4 Å². The summed E-state index contributed by atoms with van der Waals surface area (Å²) in [5.74, 6) is 0.325. The van der Waals surface area contributed by atoms with Crippen molar-refractivity contribution in [2.75, 3.05) is 39.9 Å². The monoisotopic (exact) mass is 300 g/mol. The lowest BCUT2D eigenvalue weighted by Crippen LogP contribution is -2.40. The van der Waals surface area contributed by atoms with Crippen molar-refractivity contribution in [1.82, 2.24) is 10.2 Å². The van der Waals surface area contributed by atoms with Crippen LogP contribution in [0.4, 0.5) is 4.79 Å². The molecule has 0 aliphatic heterocycles. The molecule has 0 saturated carbocycles. The number of nitrogens with one attached hydrogen (secondary N) is 1. The van der Waals surface area contributed by atoms with E-state index < -0.39 is 5.60 Å². The maximum Gasteiger partial charge on any atom is 0.410 e. The molecule has 0 fully saturated rings. The van der Waals surface area contributed by atoms with E-state index in [1.54, 1.807) is 18.1 Å². The third kappa shape index (κ3) is 10.7. The highest BCUT2D eigenvalue weighted by molar-refractivity contribution is 5.78. The number of carbonyl (C=O) groups excluding carboxylic acids is 1. The Morgan fingerprint density at radius 2 is 2.10 bits per heavy atom. The number of nitrogens with two attached hydrogens (primary N) is 1. The van der Waals surface area contributed by atoms with Crippen molar-refractivity contribution in [2.24, 2.45) is 10.7 Å². The quantitative estimate of drug-likeness (QED) is 0.396. The molecule has 0 aromatic rings. The van der Waals surface area contributed by atoms with Crippen molar-refractivity contribution in [3.8, 4) is 0 Å². The van der Waals surface area contributed by atoms with Crippen LogP contribution in [0.2, 0.25) is 0 Å². The minimum atomic E-state index is -0.532. The Morgan fingerprint density at radius 1 is 1.43 bits per heavy atom. The number of hydrogen-bond acceptors (Lipinski definition) is 4. The molecule has 0 spiro atoms. The van der Waals surface area contributed by atoms with E-state index in [0.29, 0.717) is 38.7 Å². The van der Waals surface area contributed by atoms with Crippen LogP contribution >= 0.6 is 0 Å². The van der Waals surface area contributed by atoms with Crippen LogP contribution in [-0.2, 0) is 9.47 Å². The molecule has 0 radical (unpaired) electrons. The van der Waals surface area contributed by atoms with E-state index in [4.69, 9.17) is 15.2 Å². The summed E-state index contributed by atoms with van der Waals surface area (Å²) in [6.45, 7) is 11.3. The van der Waals surface area contributed by atoms with E-state index in [1.165, 1.54) is 0 Å². The Morgan fingerprint density at radius 3 is 2.62 bits per heavy atom. The van der Waals surface area contributed by atoms with Crippen LogP contribution in [0, 0.1) is 0 Å². The van der Waals surface area contributed by atoms with Gasteiger partial charge in [0.2, 0.25) is 0 Å². The van der Waals surface area contributed by atoms with Gasteiger partial charge in [-0.2, -0.15) is 0 Å². The van der Waals surface area contributed by atoms with E-state index in [9.17, 15) is 4.79 Å². The predicted molar refractivity (Wildman–Crippen MR) is 84.4 cm³/mol. The number of hydrogen-bond donors (Lipinski definition) is 2. The molecule has 0 aliphatic rings. The second-order valence-corrected chi connectivity index (χ2v) is 5.40. The predicted octanol–water partition coefficient (Wildman–Crippen LogP) is 0.960. The number of methoxy groups -OCH3 is 1. The lowest BCUT2D eigenvalue weighted by Gasteiger charge is -2.26. The second-order valence-electron chi connectivity index (χ2n) is 5.40. The fraction of sp³-hybridized carbons (Fsp3) is 0.714. The van der Waals surface area contributed by atoms with Crippen LogP contribution in [0.25, 0.3) is 0 Å². The molecule has 0 heterocycles. The van der Waals surface area contributed by atoms with Crippen LogP contribution < -0.4 is 11.1 Å². The van der Waals surface area contributed by atoms with E-state index in [1.807, 2.05) is 20.8 Å². The highest BCUT2D eigenvalue weighted by Crippen LogP contribution is 2.09. The second kappa shape index (κ2) is 10.0. The normalized spacial score (nSPS) is 11.9. The van der Waals surface area contributed by atoms with Crippen LogP contribution in [0.3, 0.4) is 0 Å². The van der Waals surface area contributed by atoms with Crippen LogP contribution in [-0.4, -0.2) is 62.4 Å². The first-order valence-electron chi connectivity index (χ1n) is 6.91. The third-order valence-electron chi connectivity index (χ3n) is 2.30. The zero-order chi connectivity index (χ0) is 16.3. The Balaban J connectivity index is 4.41. The summed E-state index contributed by atoms with van der Waals surface area (Å²) in [5, 5.41) is 2.87. The number of nitrogens with zero attached hydrogens (tertiary/aromatic N) is 2. The third-order valence-corrected chi connectivity index (χ3v) is 2.30. The average molecular weight is 300 g/mol. The van der Waals surface area contributed by atoms with Crippen LogP contribution in [0.5, 0.6) is 0 Å². The molecule has 21 heavy (non-hydrogen) atoms. The molecule has 3 N–H and O–H groups in total. The van der Waals surface area contributed by atoms with Gasteiger partial charge < -0.3 is 25.4 Å². The van der Waals surface area contributed by atoms with Crippen LogP contribution in [0.15, 0.2) is 17.6 Å². The molecule has 122 valence electrons. The highest BCUT2D eigenvalue weighted by atomic mass is 16.6. The Labute approximate surface area is 127 Å². The minimum Gasteiger partial charge on any atom is -0.444 e. The summed E-state index contributed by atoms with van der Waals surface area (Å²) in [6, 6.07) is 0. The molecular formula is C14H28N4O3. The molecule has 0 atom stereocenters. The zero-order valence-electron chi connectivity index (χ0n) is 13.5. The van der Waals surface area contributed by atoms with Crippen molar-refractivity contribution in [1.29, 1.82) is 0 Å². The molecule has 0 rings (SSSR count). The first kappa shape index (κ1) is 19.2. The van der Waals surface area contributed by atoms with Crippen molar-refractivity contribution < 1.29 is 14.3 Å². The number of rotatable bonds is 8. The maximum atomic E-state index is 12.1. The van der Waals surface area contributed by atoms with E-state index in [-0.39, 0.29) is 6.09 Å². The molecule has 0 bridgehead atoms. The summed E-state index contributed by atoms with van der Waals surface area (Å²) in [7, 11) is 1.59. The lowest BCUT2D eigenvalue weighted by atomic mass is 10.2. The molecule has 7 heteroatoms. The molecule has 1 amide bonds. The van der Waals surface area contributed by atoms with Gasteiger partial charge in [-0.25, -0.2) is 4.79 Å². The van der Waals surface area contributed by atoms with Gasteiger partial charge in [0, 0.05) is 26.7 Å². The molecule has 7 nitrogen and oxygen atoms in total. The summed E-state index contributed by atoms with van der Waals surface area (Å²) in [5.41, 5.74) is 5.12. The number of aliphatic imine (C=N–C) groups is 1. The molecule has 0 aromatic carbocycles. The lowest BCUT2D eigenvalue weighted by molar-refractivity contribution is 0.0208. The highest BCUT2D eigenvalue weighted by Gasteiger charge is 2.21. The van der Waals surface area contributed by atoms with Gasteiger partial charge in [-0.15, -0.1) is 6.58 Å². The average Bonchev–Trinajstić information content (AvgIpc) is 2.38. The van der Waals surface area contributed by atoms with Gasteiger partial charge in [-0.05, 0) is 20.8 Å². The Hall–Kier alpha value is -1.76. The summed E-state index contributed by atoms with van der Waals surface area (Å²) < 4.78 is 10.3. The van der Waals surface area contributed by atoms with E-state index in [2.05, 4.69) is 16.9 Å². The zero-order valence-corrected chi connectivity index (χ0v) is 13.5. The molecular weight excluding hydrogens is 272 g/mol. The first-order chi connectivity index (χ1) is 9.80. The van der Waals surface area contributed by atoms with Gasteiger partial charge in [-0.1, -0.05) is 6.08 Å². The van der Waals surface area contributed by atoms with Gasteiger partial charge in [0.25, 0.3) is 0 Å². The van der Waals surface area contributed by atoms with E-state index in [0.717, 1.165) is 0 Å². The van der Waals surface area contributed by atoms with Gasteiger partial charge >= 0.3 is 6.09 Å². The van der Waals surface area contributed by atoms with Gasteiger partial charge in [0.05, 0.1) is 13.2 Å². The molecule has 0 aromatic heterocycles. The van der Waals surface area contributed by atoms with Gasteiger partial charge in [0.1, 0.15) is 5.60 Å². The Bertz CT molecular complexity index is 351.